The number of hydrogen-bond donors (Lipinski definition) is 0. The van der Waals surface area contributed by atoms with E-state index in [1.807, 2.05) is 0 Å². The minimum atomic E-state index is -6.88. The lowest BCUT2D eigenvalue weighted by atomic mass is 10.2. The number of rotatable bonds is 7. The highest BCUT2D eigenvalue weighted by Gasteiger charge is 2.77. The minimum absolute atomic E-state index is 1.77. The van der Waals surface area contributed by atoms with Gasteiger partial charge in [0.2, 0.25) is 0 Å². The van der Waals surface area contributed by atoms with Crippen molar-refractivity contribution in [2.45, 2.75) is 30.7 Å². The lowest BCUT2D eigenvalue weighted by molar-refractivity contribution is -0.497. The van der Waals surface area contributed by atoms with Crippen molar-refractivity contribution >= 4 is 0 Å². The molecular formula is C8H5F11O2. The van der Waals surface area contributed by atoms with Gasteiger partial charge in [-0.15, -0.1) is 0 Å². The third-order valence-electron chi connectivity index (χ3n) is 1.71. The van der Waals surface area contributed by atoms with Gasteiger partial charge in [0.15, 0.2) is 5.83 Å². The highest BCUT2D eigenvalue weighted by Crippen LogP contribution is 2.50. The molecule has 0 aromatic heterocycles. The van der Waals surface area contributed by atoms with E-state index in [0.717, 1.165) is 0 Å². The first kappa shape index (κ1) is 19.9. The maximum Gasteiger partial charge on any atom is 0.458 e. The Balaban J connectivity index is 5.61. The van der Waals surface area contributed by atoms with Gasteiger partial charge < -0.3 is 4.74 Å². The topological polar surface area (TPSA) is 18.5 Å². The van der Waals surface area contributed by atoms with E-state index in [9.17, 15) is 48.3 Å². The third-order valence-corrected chi connectivity index (χ3v) is 1.71. The quantitative estimate of drug-likeness (QED) is 0.646. The predicted molar refractivity (Wildman–Crippen MR) is 43.1 cm³/mol. The first-order chi connectivity index (χ1) is 9.07. The average Bonchev–Trinajstić information content (AvgIpc) is 2.23. The van der Waals surface area contributed by atoms with Gasteiger partial charge in [-0.1, -0.05) is 6.58 Å². The van der Waals surface area contributed by atoms with E-state index in [1.165, 1.54) is 0 Å². The van der Waals surface area contributed by atoms with Crippen molar-refractivity contribution in [1.82, 2.24) is 0 Å². The van der Waals surface area contributed by atoms with Crippen molar-refractivity contribution in [2.75, 3.05) is 6.61 Å². The van der Waals surface area contributed by atoms with Crippen molar-refractivity contribution in [3.05, 3.63) is 12.4 Å². The lowest BCUT2D eigenvalue weighted by Crippen LogP contribution is -2.61. The Hall–Kier alpha value is -1.11. The van der Waals surface area contributed by atoms with Gasteiger partial charge in [0, 0.05) is 0 Å². The highest BCUT2D eigenvalue weighted by molar-refractivity contribution is 4.96. The van der Waals surface area contributed by atoms with Gasteiger partial charge in [-0.05, 0) is 0 Å². The zero-order chi connectivity index (χ0) is 17.3. The summed E-state index contributed by atoms with van der Waals surface area (Å²) >= 11 is 0. The standard InChI is InChI=1S/C8H5F11O2/c1-3(9)5(12,13)21-6(14,7(15,16)17)8(18,19)20-2-4(10)11/h4H,1-2H2. The van der Waals surface area contributed by atoms with Crippen molar-refractivity contribution in [2.24, 2.45) is 0 Å². The Morgan fingerprint density at radius 3 is 1.67 bits per heavy atom. The summed E-state index contributed by atoms with van der Waals surface area (Å²) in [5.41, 5.74) is 0. The molecule has 0 bridgehead atoms. The molecule has 0 saturated carbocycles. The van der Waals surface area contributed by atoms with Gasteiger partial charge in [-0.3, -0.25) is 4.74 Å². The minimum Gasteiger partial charge on any atom is -0.310 e. The molecule has 0 N–H and O–H groups in total. The summed E-state index contributed by atoms with van der Waals surface area (Å²) in [4.78, 5) is 0. The van der Waals surface area contributed by atoms with Crippen molar-refractivity contribution in [3.8, 4) is 0 Å². The molecule has 0 radical (unpaired) electrons. The normalized spacial score (nSPS) is 17.0. The van der Waals surface area contributed by atoms with E-state index in [4.69, 9.17) is 0 Å². The smallest absolute Gasteiger partial charge is 0.310 e. The SMILES string of the molecule is C=C(F)C(F)(F)OC(F)(C(F)(F)F)C(F)(F)OCC(F)F. The maximum atomic E-state index is 13.2. The van der Waals surface area contributed by atoms with Crippen LogP contribution in [0.1, 0.15) is 0 Å². The van der Waals surface area contributed by atoms with Crippen LogP contribution in [0, 0.1) is 0 Å². The van der Waals surface area contributed by atoms with Crippen LogP contribution in [-0.2, 0) is 9.47 Å². The van der Waals surface area contributed by atoms with Crippen LogP contribution in [0.2, 0.25) is 0 Å². The molecule has 0 aromatic rings. The second-order valence-corrected chi connectivity index (χ2v) is 3.34. The van der Waals surface area contributed by atoms with Gasteiger partial charge in [0.05, 0.1) is 0 Å². The Kier molecular flexibility index (Phi) is 5.63. The zero-order valence-corrected chi connectivity index (χ0v) is 9.47. The average molecular weight is 342 g/mol. The second kappa shape index (κ2) is 5.94. The number of halogens is 11. The molecule has 0 aliphatic carbocycles. The van der Waals surface area contributed by atoms with Crippen LogP contribution in [0.15, 0.2) is 12.4 Å². The monoisotopic (exact) mass is 342 g/mol. The molecule has 0 amide bonds. The fraction of sp³-hybridized carbons (Fsp3) is 0.750. The molecule has 0 saturated heterocycles. The molecule has 1 unspecified atom stereocenters. The second-order valence-electron chi connectivity index (χ2n) is 3.34. The van der Waals surface area contributed by atoms with Crippen LogP contribution >= 0.6 is 0 Å². The molecule has 0 rings (SSSR count). The van der Waals surface area contributed by atoms with Crippen LogP contribution < -0.4 is 0 Å². The van der Waals surface area contributed by atoms with Gasteiger partial charge in [-0.2, -0.15) is 35.1 Å². The summed E-state index contributed by atoms with van der Waals surface area (Å²) in [6, 6.07) is 0. The van der Waals surface area contributed by atoms with Crippen molar-refractivity contribution in [3.63, 3.8) is 0 Å². The maximum absolute atomic E-state index is 13.2. The highest BCUT2D eigenvalue weighted by atomic mass is 19.4. The van der Waals surface area contributed by atoms with Crippen molar-refractivity contribution < 1.29 is 57.8 Å². The fourth-order valence-electron chi connectivity index (χ4n) is 0.775. The van der Waals surface area contributed by atoms with Gasteiger partial charge in [-0.25, -0.2) is 13.2 Å². The van der Waals surface area contributed by atoms with E-state index >= 15 is 0 Å². The number of hydrogen-bond acceptors (Lipinski definition) is 2. The van der Waals surface area contributed by atoms with Crippen molar-refractivity contribution in [1.29, 1.82) is 0 Å². The molecule has 0 aromatic carbocycles. The summed E-state index contributed by atoms with van der Waals surface area (Å²) in [7, 11) is 0. The Labute approximate surface area is 109 Å². The fourth-order valence-corrected chi connectivity index (χ4v) is 0.775. The van der Waals surface area contributed by atoms with E-state index in [2.05, 4.69) is 9.47 Å². The first-order valence-electron chi connectivity index (χ1n) is 4.55. The molecule has 126 valence electrons. The molecule has 21 heavy (non-hydrogen) atoms. The molecule has 0 fully saturated rings. The first-order valence-corrected chi connectivity index (χ1v) is 4.55. The third kappa shape index (κ3) is 4.43. The summed E-state index contributed by atoms with van der Waals surface area (Å²) in [6.45, 7) is -0.662. The molecule has 13 heteroatoms. The Morgan fingerprint density at radius 1 is 0.952 bits per heavy atom. The summed E-state index contributed by atoms with van der Waals surface area (Å²) in [6.07, 6.45) is -22.8. The summed E-state index contributed by atoms with van der Waals surface area (Å²) in [5, 5.41) is 0. The molecular weight excluding hydrogens is 337 g/mol. The van der Waals surface area contributed by atoms with E-state index in [0.29, 0.717) is 0 Å². The summed E-state index contributed by atoms with van der Waals surface area (Å²) in [5.74, 6) is -9.63. The van der Waals surface area contributed by atoms with Crippen LogP contribution in [0.4, 0.5) is 48.3 Å². The predicted octanol–water partition coefficient (Wildman–Crippen LogP) is 4.18. The van der Waals surface area contributed by atoms with Crippen LogP contribution in [0.5, 0.6) is 0 Å². The lowest BCUT2D eigenvalue weighted by Gasteiger charge is -2.35. The van der Waals surface area contributed by atoms with Crippen LogP contribution in [-0.4, -0.2) is 37.3 Å². The van der Waals surface area contributed by atoms with Crippen LogP contribution in [0.3, 0.4) is 0 Å². The molecule has 0 aliphatic rings. The Morgan fingerprint density at radius 2 is 1.38 bits per heavy atom. The number of alkyl halides is 10. The molecule has 1 atom stereocenters. The van der Waals surface area contributed by atoms with Gasteiger partial charge in [0.25, 0.3) is 6.43 Å². The van der Waals surface area contributed by atoms with E-state index in [-0.39, 0.29) is 0 Å². The van der Waals surface area contributed by atoms with E-state index in [1.54, 1.807) is 6.58 Å². The molecule has 0 aliphatic heterocycles. The van der Waals surface area contributed by atoms with Gasteiger partial charge >= 0.3 is 24.2 Å². The van der Waals surface area contributed by atoms with Gasteiger partial charge in [0.1, 0.15) is 6.61 Å². The molecule has 2 nitrogen and oxygen atoms in total. The Bertz CT molecular complexity index is 377. The van der Waals surface area contributed by atoms with E-state index < -0.39 is 43.1 Å². The summed E-state index contributed by atoms with van der Waals surface area (Å²) < 4.78 is 141. The van der Waals surface area contributed by atoms with Crippen LogP contribution in [0.25, 0.3) is 0 Å². The molecule has 0 spiro atoms. The molecule has 0 heterocycles. The number of ether oxygens (including phenoxy) is 2. The largest absolute Gasteiger partial charge is 0.458 e. The zero-order valence-electron chi connectivity index (χ0n) is 9.47.